The molecule has 0 radical (unpaired) electrons. The summed E-state index contributed by atoms with van der Waals surface area (Å²) in [5.41, 5.74) is 1.39. The van der Waals surface area contributed by atoms with E-state index in [0.29, 0.717) is 5.92 Å². The Labute approximate surface area is 106 Å². The van der Waals surface area contributed by atoms with Crippen LogP contribution in [0.25, 0.3) is 0 Å². The van der Waals surface area contributed by atoms with Gasteiger partial charge in [0.1, 0.15) is 5.01 Å². The Morgan fingerprint density at radius 2 is 2.00 bits per heavy atom. The molecule has 0 spiro atoms. The molecule has 0 aliphatic heterocycles. The minimum absolute atomic E-state index is 0.567. The molecule has 90 valence electrons. The SMILES string of the molecule is Cc1nnc(NCCC(C)c2ccccc2)s1. The smallest absolute Gasteiger partial charge is 0.205 e. The quantitative estimate of drug-likeness (QED) is 0.879. The monoisotopic (exact) mass is 247 g/mol. The molecule has 0 saturated carbocycles. The fourth-order valence-corrected chi connectivity index (χ4v) is 2.33. The Morgan fingerprint density at radius 3 is 2.65 bits per heavy atom. The topological polar surface area (TPSA) is 37.8 Å². The molecular weight excluding hydrogens is 230 g/mol. The van der Waals surface area contributed by atoms with Gasteiger partial charge in [-0.1, -0.05) is 48.6 Å². The summed E-state index contributed by atoms with van der Waals surface area (Å²) in [6.45, 7) is 5.16. The number of hydrogen-bond donors (Lipinski definition) is 1. The van der Waals surface area contributed by atoms with E-state index in [4.69, 9.17) is 0 Å². The molecule has 4 heteroatoms. The first-order valence-corrected chi connectivity index (χ1v) is 6.66. The molecule has 0 bridgehead atoms. The third-order valence-corrected chi connectivity index (χ3v) is 3.54. The molecule has 0 aliphatic rings. The van der Waals surface area contributed by atoms with Crippen LogP contribution < -0.4 is 5.32 Å². The molecular formula is C13H17N3S. The van der Waals surface area contributed by atoms with Crippen LogP contribution in [0.1, 0.15) is 29.8 Å². The molecule has 0 saturated heterocycles. The molecule has 1 N–H and O–H groups in total. The zero-order valence-electron chi connectivity index (χ0n) is 10.2. The van der Waals surface area contributed by atoms with Crippen molar-refractivity contribution in [2.75, 3.05) is 11.9 Å². The number of aryl methyl sites for hydroxylation is 1. The predicted molar refractivity (Wildman–Crippen MR) is 72.6 cm³/mol. The Balaban J connectivity index is 1.79. The van der Waals surface area contributed by atoms with Crippen LogP contribution in [-0.2, 0) is 0 Å². The summed E-state index contributed by atoms with van der Waals surface area (Å²) in [6, 6.07) is 10.6. The first-order valence-electron chi connectivity index (χ1n) is 5.84. The van der Waals surface area contributed by atoms with Crippen LogP contribution in [0.4, 0.5) is 5.13 Å². The standard InChI is InChI=1S/C13H17N3S/c1-10(12-6-4-3-5-7-12)8-9-14-13-16-15-11(2)17-13/h3-7,10H,8-9H2,1-2H3,(H,14,16). The normalized spacial score (nSPS) is 12.4. The van der Waals surface area contributed by atoms with Gasteiger partial charge in [-0.15, -0.1) is 10.2 Å². The molecule has 1 aromatic carbocycles. The zero-order chi connectivity index (χ0) is 12.1. The summed E-state index contributed by atoms with van der Waals surface area (Å²) >= 11 is 1.60. The lowest BCUT2D eigenvalue weighted by atomic mass is 9.98. The van der Waals surface area contributed by atoms with Gasteiger partial charge in [0, 0.05) is 6.54 Å². The number of benzene rings is 1. The third kappa shape index (κ3) is 3.53. The average molecular weight is 247 g/mol. The maximum atomic E-state index is 4.04. The van der Waals surface area contributed by atoms with Crippen LogP contribution in [0.2, 0.25) is 0 Å². The Bertz CT molecular complexity index is 453. The van der Waals surface area contributed by atoms with E-state index in [1.54, 1.807) is 11.3 Å². The van der Waals surface area contributed by atoms with Crippen LogP contribution in [0.15, 0.2) is 30.3 Å². The van der Waals surface area contributed by atoms with Gasteiger partial charge in [0.25, 0.3) is 0 Å². The predicted octanol–water partition coefficient (Wildman–Crippen LogP) is 3.45. The van der Waals surface area contributed by atoms with Crippen molar-refractivity contribution in [3.8, 4) is 0 Å². The Hall–Kier alpha value is -1.42. The van der Waals surface area contributed by atoms with Crippen LogP contribution in [-0.4, -0.2) is 16.7 Å². The van der Waals surface area contributed by atoms with E-state index >= 15 is 0 Å². The minimum Gasteiger partial charge on any atom is -0.360 e. The van der Waals surface area contributed by atoms with Crippen molar-refractivity contribution in [2.24, 2.45) is 0 Å². The van der Waals surface area contributed by atoms with Gasteiger partial charge in [0.05, 0.1) is 0 Å². The summed E-state index contributed by atoms with van der Waals surface area (Å²) in [6.07, 6.45) is 1.10. The molecule has 1 unspecified atom stereocenters. The first-order chi connectivity index (χ1) is 8.25. The van der Waals surface area contributed by atoms with Crippen molar-refractivity contribution >= 4 is 16.5 Å². The summed E-state index contributed by atoms with van der Waals surface area (Å²) in [5.74, 6) is 0.567. The van der Waals surface area contributed by atoms with Crippen molar-refractivity contribution in [2.45, 2.75) is 26.2 Å². The number of nitrogens with zero attached hydrogens (tertiary/aromatic N) is 2. The van der Waals surface area contributed by atoms with E-state index in [9.17, 15) is 0 Å². The Morgan fingerprint density at radius 1 is 1.24 bits per heavy atom. The molecule has 3 nitrogen and oxygen atoms in total. The van der Waals surface area contributed by atoms with Crippen LogP contribution >= 0.6 is 11.3 Å². The lowest BCUT2D eigenvalue weighted by molar-refractivity contribution is 0.705. The van der Waals surface area contributed by atoms with Gasteiger partial charge in [-0.3, -0.25) is 0 Å². The van der Waals surface area contributed by atoms with Gasteiger partial charge in [-0.05, 0) is 24.8 Å². The number of anilines is 1. The van der Waals surface area contributed by atoms with Gasteiger partial charge < -0.3 is 5.32 Å². The van der Waals surface area contributed by atoms with E-state index in [1.807, 2.05) is 6.92 Å². The fourth-order valence-electron chi connectivity index (χ4n) is 1.71. The first kappa shape index (κ1) is 12.0. The number of rotatable bonds is 5. The van der Waals surface area contributed by atoms with Gasteiger partial charge in [-0.25, -0.2) is 0 Å². The van der Waals surface area contributed by atoms with Crippen molar-refractivity contribution in [3.05, 3.63) is 40.9 Å². The van der Waals surface area contributed by atoms with Crippen molar-refractivity contribution in [3.63, 3.8) is 0 Å². The lowest BCUT2D eigenvalue weighted by Gasteiger charge is -2.11. The minimum atomic E-state index is 0.567. The molecule has 1 heterocycles. The summed E-state index contributed by atoms with van der Waals surface area (Å²) in [4.78, 5) is 0. The van der Waals surface area contributed by atoms with Gasteiger partial charge in [-0.2, -0.15) is 0 Å². The average Bonchev–Trinajstić information content (AvgIpc) is 2.76. The molecule has 17 heavy (non-hydrogen) atoms. The molecule has 0 fully saturated rings. The van der Waals surface area contributed by atoms with Crippen molar-refractivity contribution in [1.29, 1.82) is 0 Å². The van der Waals surface area contributed by atoms with Crippen LogP contribution in [0.5, 0.6) is 0 Å². The largest absolute Gasteiger partial charge is 0.360 e. The van der Waals surface area contributed by atoms with E-state index < -0.39 is 0 Å². The highest BCUT2D eigenvalue weighted by atomic mass is 32.1. The Kier molecular flexibility index (Phi) is 4.09. The highest BCUT2D eigenvalue weighted by molar-refractivity contribution is 7.15. The highest BCUT2D eigenvalue weighted by Gasteiger charge is 2.05. The van der Waals surface area contributed by atoms with Crippen molar-refractivity contribution in [1.82, 2.24) is 10.2 Å². The molecule has 1 atom stereocenters. The van der Waals surface area contributed by atoms with E-state index in [2.05, 4.69) is 52.8 Å². The second kappa shape index (κ2) is 5.77. The van der Waals surface area contributed by atoms with E-state index in [-0.39, 0.29) is 0 Å². The fraction of sp³-hybridized carbons (Fsp3) is 0.385. The molecule has 0 amide bonds. The van der Waals surface area contributed by atoms with E-state index in [1.165, 1.54) is 5.56 Å². The summed E-state index contributed by atoms with van der Waals surface area (Å²) < 4.78 is 0. The van der Waals surface area contributed by atoms with Gasteiger partial charge >= 0.3 is 0 Å². The van der Waals surface area contributed by atoms with Gasteiger partial charge in [0.2, 0.25) is 5.13 Å². The molecule has 2 rings (SSSR count). The highest BCUT2D eigenvalue weighted by Crippen LogP contribution is 2.19. The van der Waals surface area contributed by atoms with Crippen LogP contribution in [0.3, 0.4) is 0 Å². The maximum absolute atomic E-state index is 4.04. The number of hydrogen-bond acceptors (Lipinski definition) is 4. The summed E-state index contributed by atoms with van der Waals surface area (Å²) in [5, 5.41) is 13.3. The second-order valence-corrected chi connectivity index (χ2v) is 5.34. The number of nitrogens with one attached hydrogen (secondary N) is 1. The zero-order valence-corrected chi connectivity index (χ0v) is 11.0. The molecule has 1 aromatic heterocycles. The van der Waals surface area contributed by atoms with E-state index in [0.717, 1.165) is 23.1 Å². The molecule has 0 aliphatic carbocycles. The second-order valence-electron chi connectivity index (χ2n) is 4.15. The molecule has 2 aromatic rings. The van der Waals surface area contributed by atoms with Crippen LogP contribution in [0, 0.1) is 6.92 Å². The maximum Gasteiger partial charge on any atom is 0.205 e. The number of aromatic nitrogens is 2. The van der Waals surface area contributed by atoms with Crippen molar-refractivity contribution < 1.29 is 0 Å². The third-order valence-electron chi connectivity index (χ3n) is 2.75. The lowest BCUT2D eigenvalue weighted by Crippen LogP contribution is -2.05. The van der Waals surface area contributed by atoms with Gasteiger partial charge in [0.15, 0.2) is 0 Å². The summed E-state index contributed by atoms with van der Waals surface area (Å²) in [7, 11) is 0.